The van der Waals surface area contributed by atoms with E-state index in [-0.39, 0.29) is 6.61 Å². The summed E-state index contributed by atoms with van der Waals surface area (Å²) < 4.78 is 4.82. The maximum absolute atomic E-state index is 11.5. The van der Waals surface area contributed by atoms with E-state index in [1.54, 1.807) is 6.92 Å². The second-order valence-corrected chi connectivity index (χ2v) is 3.16. The van der Waals surface area contributed by atoms with Crippen molar-refractivity contribution >= 4 is 5.97 Å². The molecule has 0 fully saturated rings. The van der Waals surface area contributed by atoms with E-state index in [4.69, 9.17) is 10.3 Å². The van der Waals surface area contributed by atoms with Crippen LogP contribution in [-0.4, -0.2) is 18.6 Å². The molecule has 1 aromatic carbocycles. The van der Waals surface area contributed by atoms with Gasteiger partial charge in [0.1, 0.15) is 6.04 Å². The largest absolute Gasteiger partial charge is 0.466 e. The van der Waals surface area contributed by atoms with Crippen molar-refractivity contribution < 1.29 is 9.53 Å². The summed E-state index contributed by atoms with van der Waals surface area (Å²) in [4.78, 5) is 14.1. The summed E-state index contributed by atoms with van der Waals surface area (Å²) in [5.74, 6) is -0.482. The maximum atomic E-state index is 11.5. The Morgan fingerprint density at radius 3 is 2.75 bits per heavy atom. The number of rotatable bonds is 5. The van der Waals surface area contributed by atoms with E-state index in [0.717, 1.165) is 5.56 Å². The van der Waals surface area contributed by atoms with Gasteiger partial charge in [-0.15, -0.1) is 0 Å². The third-order valence-electron chi connectivity index (χ3n) is 2.02. The highest BCUT2D eigenvalue weighted by atomic mass is 16.5. The minimum absolute atomic E-state index is 0.283. The molecular formula is C11H13N3O2. The summed E-state index contributed by atoms with van der Waals surface area (Å²) in [6.07, 6.45) is 0.365. The molecule has 1 rings (SSSR count). The highest BCUT2D eigenvalue weighted by Gasteiger charge is 2.18. The first-order chi connectivity index (χ1) is 7.77. The molecule has 0 saturated heterocycles. The molecule has 1 atom stereocenters. The summed E-state index contributed by atoms with van der Waals surface area (Å²) in [7, 11) is 0. The van der Waals surface area contributed by atoms with E-state index >= 15 is 0 Å². The highest BCUT2D eigenvalue weighted by Crippen LogP contribution is 2.07. The number of ether oxygens (including phenoxy) is 1. The number of azide groups is 1. The summed E-state index contributed by atoms with van der Waals surface area (Å²) in [6.45, 7) is 2.00. The molecular weight excluding hydrogens is 206 g/mol. The quantitative estimate of drug-likeness (QED) is 0.330. The van der Waals surface area contributed by atoms with Crippen LogP contribution in [-0.2, 0) is 16.0 Å². The predicted octanol–water partition coefficient (Wildman–Crippen LogP) is 2.47. The molecule has 5 nitrogen and oxygen atoms in total. The average molecular weight is 219 g/mol. The van der Waals surface area contributed by atoms with Gasteiger partial charge in [-0.25, -0.2) is 0 Å². The van der Waals surface area contributed by atoms with Gasteiger partial charge in [0, 0.05) is 4.91 Å². The van der Waals surface area contributed by atoms with Crippen molar-refractivity contribution in [3.8, 4) is 0 Å². The molecule has 0 aliphatic rings. The smallest absolute Gasteiger partial charge is 0.315 e. The first-order valence-corrected chi connectivity index (χ1v) is 5.02. The molecule has 0 aromatic heterocycles. The zero-order valence-electron chi connectivity index (χ0n) is 9.04. The van der Waals surface area contributed by atoms with Crippen molar-refractivity contribution in [2.24, 2.45) is 5.11 Å². The van der Waals surface area contributed by atoms with E-state index in [9.17, 15) is 4.79 Å². The summed E-state index contributed by atoms with van der Waals surface area (Å²) in [6, 6.07) is 8.59. The lowest BCUT2D eigenvalue weighted by Gasteiger charge is -2.09. The molecule has 5 heteroatoms. The second-order valence-electron chi connectivity index (χ2n) is 3.16. The van der Waals surface area contributed by atoms with Crippen LogP contribution in [0.5, 0.6) is 0 Å². The van der Waals surface area contributed by atoms with Crippen LogP contribution in [0, 0.1) is 0 Å². The van der Waals surface area contributed by atoms with E-state index in [2.05, 4.69) is 10.0 Å². The molecule has 0 spiro atoms. The summed E-state index contributed by atoms with van der Waals surface area (Å²) in [5.41, 5.74) is 9.32. The lowest BCUT2D eigenvalue weighted by atomic mass is 10.1. The minimum Gasteiger partial charge on any atom is -0.466 e. The first-order valence-electron chi connectivity index (χ1n) is 5.02. The number of esters is 1. The molecule has 0 heterocycles. The van der Waals surface area contributed by atoms with Crippen LogP contribution in [0.25, 0.3) is 10.4 Å². The monoisotopic (exact) mass is 219 g/mol. The lowest BCUT2D eigenvalue weighted by molar-refractivity contribution is -0.144. The molecule has 0 N–H and O–H groups in total. The Labute approximate surface area is 93.7 Å². The van der Waals surface area contributed by atoms with E-state index in [0.29, 0.717) is 6.42 Å². The van der Waals surface area contributed by atoms with Crippen molar-refractivity contribution in [2.75, 3.05) is 6.61 Å². The van der Waals surface area contributed by atoms with Crippen LogP contribution in [0.3, 0.4) is 0 Å². The Balaban J connectivity index is 2.72. The average Bonchev–Trinajstić information content (AvgIpc) is 2.30. The van der Waals surface area contributed by atoms with Crippen LogP contribution < -0.4 is 0 Å². The third kappa shape index (κ3) is 3.63. The van der Waals surface area contributed by atoms with Gasteiger partial charge in [-0.3, -0.25) is 4.79 Å². The van der Waals surface area contributed by atoms with Crippen LogP contribution in [0.2, 0.25) is 0 Å². The lowest BCUT2D eigenvalue weighted by Crippen LogP contribution is -2.23. The zero-order valence-corrected chi connectivity index (χ0v) is 9.04. The van der Waals surface area contributed by atoms with E-state index in [1.165, 1.54) is 0 Å². The fourth-order valence-corrected chi connectivity index (χ4v) is 1.31. The van der Waals surface area contributed by atoms with Crippen molar-refractivity contribution in [1.29, 1.82) is 0 Å². The zero-order chi connectivity index (χ0) is 11.8. The Morgan fingerprint density at radius 1 is 1.50 bits per heavy atom. The topological polar surface area (TPSA) is 75.1 Å². The number of hydrogen-bond donors (Lipinski definition) is 0. The van der Waals surface area contributed by atoms with Crippen molar-refractivity contribution in [2.45, 2.75) is 19.4 Å². The molecule has 0 radical (unpaired) electrons. The van der Waals surface area contributed by atoms with Crippen molar-refractivity contribution in [1.82, 2.24) is 0 Å². The normalized spacial score (nSPS) is 11.3. The van der Waals surface area contributed by atoms with Crippen molar-refractivity contribution in [3.63, 3.8) is 0 Å². The van der Waals surface area contributed by atoms with Crippen LogP contribution >= 0.6 is 0 Å². The molecule has 0 aliphatic carbocycles. The van der Waals surface area contributed by atoms with Gasteiger partial charge in [0.15, 0.2) is 0 Å². The van der Waals surface area contributed by atoms with Crippen LogP contribution in [0.1, 0.15) is 12.5 Å². The maximum Gasteiger partial charge on any atom is 0.315 e. The van der Waals surface area contributed by atoms with Crippen LogP contribution in [0.15, 0.2) is 35.4 Å². The SMILES string of the molecule is CCOC(=O)C(Cc1ccccc1)N=[N+]=[N-]. The molecule has 16 heavy (non-hydrogen) atoms. The minimum atomic E-state index is -0.785. The molecule has 1 aromatic rings. The third-order valence-corrected chi connectivity index (χ3v) is 2.02. The van der Waals surface area contributed by atoms with Gasteiger partial charge in [0.2, 0.25) is 0 Å². The van der Waals surface area contributed by atoms with Gasteiger partial charge >= 0.3 is 5.97 Å². The predicted molar refractivity (Wildman–Crippen MR) is 59.7 cm³/mol. The van der Waals surface area contributed by atoms with Crippen LogP contribution in [0.4, 0.5) is 0 Å². The first kappa shape index (κ1) is 12.1. The summed E-state index contributed by atoms with van der Waals surface area (Å²) >= 11 is 0. The number of carbonyl (C=O) groups excluding carboxylic acids is 1. The second kappa shape index (κ2) is 6.48. The number of carbonyl (C=O) groups is 1. The Morgan fingerprint density at radius 2 is 2.19 bits per heavy atom. The van der Waals surface area contributed by atoms with Gasteiger partial charge < -0.3 is 4.74 Å². The van der Waals surface area contributed by atoms with E-state index < -0.39 is 12.0 Å². The molecule has 84 valence electrons. The molecule has 0 bridgehead atoms. The van der Waals surface area contributed by atoms with Gasteiger partial charge in [-0.05, 0) is 24.4 Å². The molecule has 0 saturated carbocycles. The van der Waals surface area contributed by atoms with Gasteiger partial charge in [0.05, 0.1) is 6.61 Å². The molecule has 1 unspecified atom stereocenters. The number of nitrogens with zero attached hydrogens (tertiary/aromatic N) is 3. The molecule has 0 amide bonds. The van der Waals surface area contributed by atoms with Crippen molar-refractivity contribution in [3.05, 3.63) is 46.3 Å². The Kier molecular flexibility index (Phi) is 4.89. The Hall–Kier alpha value is -2.00. The standard InChI is InChI=1S/C11H13N3O2/c1-2-16-11(15)10(13-14-12)8-9-6-4-3-5-7-9/h3-7,10H,2,8H2,1H3. The fourth-order valence-electron chi connectivity index (χ4n) is 1.31. The number of hydrogen-bond acceptors (Lipinski definition) is 3. The number of benzene rings is 1. The Bertz CT molecular complexity index is 385. The van der Waals surface area contributed by atoms with Gasteiger partial charge in [0.25, 0.3) is 0 Å². The summed E-state index contributed by atoms with van der Waals surface area (Å²) in [5, 5.41) is 3.44. The highest BCUT2D eigenvalue weighted by molar-refractivity contribution is 5.76. The van der Waals surface area contributed by atoms with Gasteiger partial charge in [-0.1, -0.05) is 35.4 Å². The molecule has 0 aliphatic heterocycles. The van der Waals surface area contributed by atoms with Gasteiger partial charge in [-0.2, -0.15) is 0 Å². The van der Waals surface area contributed by atoms with E-state index in [1.807, 2.05) is 30.3 Å². The fraction of sp³-hybridized carbons (Fsp3) is 0.364.